The van der Waals surface area contributed by atoms with Gasteiger partial charge < -0.3 is 5.11 Å². The molecule has 7 heteroatoms. The van der Waals surface area contributed by atoms with Crippen LogP contribution in [0.2, 0.25) is 0 Å². The van der Waals surface area contributed by atoms with Gasteiger partial charge in [0.15, 0.2) is 0 Å². The van der Waals surface area contributed by atoms with Crippen molar-refractivity contribution < 1.29 is 9.90 Å². The molecule has 0 aliphatic heterocycles. The molecule has 1 rings (SSSR count). The molecule has 0 radical (unpaired) electrons. The van der Waals surface area contributed by atoms with Crippen LogP contribution in [0.1, 0.15) is 10.6 Å². The maximum atomic E-state index is 10.0. The zero-order valence-corrected chi connectivity index (χ0v) is 4.78. The average Bonchev–Trinajstić information content (AvgIpc) is 2.13. The number of aromatic nitrogens is 4. The number of aromatic carboxylic acids is 1. The number of halogens is 1. The first-order valence-corrected chi connectivity index (χ1v) is 2.23. The van der Waals surface area contributed by atoms with E-state index in [0.29, 0.717) is 4.20 Å². The molecule has 0 aliphatic carbocycles. The van der Waals surface area contributed by atoms with Crippen molar-refractivity contribution in [1.82, 2.24) is 19.7 Å². The minimum Gasteiger partial charge on any atom is -0.475 e. The van der Waals surface area contributed by atoms with Crippen LogP contribution in [0.5, 0.6) is 0 Å². The Hall–Kier alpha value is -1.17. The summed E-state index contributed by atoms with van der Waals surface area (Å²) in [6, 6.07) is 0. The normalized spacial score (nSPS) is 9.44. The van der Waals surface area contributed by atoms with Crippen molar-refractivity contribution in [2.45, 2.75) is 0 Å². The number of rotatable bonds is 1. The maximum absolute atomic E-state index is 10.0. The summed E-state index contributed by atoms with van der Waals surface area (Å²) >= 11 is 5.13. The fourth-order valence-corrected chi connectivity index (χ4v) is 0.435. The topological polar surface area (TPSA) is 80.9 Å². The van der Waals surface area contributed by atoms with Crippen LogP contribution in [0.4, 0.5) is 0 Å². The Kier molecular flexibility index (Phi) is 1.31. The first-order valence-electron chi connectivity index (χ1n) is 1.89. The molecule has 0 amide bonds. The lowest BCUT2D eigenvalue weighted by molar-refractivity contribution is 0.0682. The number of carboxylic acid groups (broad SMARTS) is 1. The highest BCUT2D eigenvalue weighted by atomic mass is 35.5. The summed E-state index contributed by atoms with van der Waals surface area (Å²) in [6.07, 6.45) is 0. The van der Waals surface area contributed by atoms with Gasteiger partial charge in [-0.3, -0.25) is 0 Å². The van der Waals surface area contributed by atoms with Crippen molar-refractivity contribution in [1.29, 1.82) is 0 Å². The summed E-state index contributed by atoms with van der Waals surface area (Å²) in [5, 5.41) is 17.4. The molecule has 9 heavy (non-hydrogen) atoms. The Morgan fingerprint density at radius 3 is 2.67 bits per heavy atom. The second-order valence-electron chi connectivity index (χ2n) is 1.17. The molecule has 1 heterocycles. The standard InChI is InChI=1S/C2HClN4O2/c3-7-1(2(8)9)4-5-6-7/h(H,8,9). The molecule has 48 valence electrons. The molecule has 0 saturated carbocycles. The Morgan fingerprint density at radius 2 is 2.44 bits per heavy atom. The predicted molar refractivity (Wildman–Crippen MR) is 26.0 cm³/mol. The summed E-state index contributed by atoms with van der Waals surface area (Å²) in [4.78, 5) is 10.0. The second kappa shape index (κ2) is 1.98. The fourth-order valence-electron chi connectivity index (χ4n) is 0.298. The molecule has 1 aromatic heterocycles. The van der Waals surface area contributed by atoms with E-state index in [1.807, 2.05) is 0 Å². The zero-order chi connectivity index (χ0) is 6.85. The first kappa shape index (κ1) is 5.96. The van der Waals surface area contributed by atoms with Crippen LogP contribution in [0.25, 0.3) is 0 Å². The van der Waals surface area contributed by atoms with Gasteiger partial charge in [0, 0.05) is 11.8 Å². The first-order chi connectivity index (χ1) is 4.22. The van der Waals surface area contributed by atoms with E-state index in [1.54, 1.807) is 0 Å². The van der Waals surface area contributed by atoms with E-state index in [4.69, 9.17) is 16.9 Å². The number of hydrogen-bond acceptors (Lipinski definition) is 4. The third kappa shape index (κ3) is 0.968. The Morgan fingerprint density at radius 1 is 1.78 bits per heavy atom. The fraction of sp³-hybridized carbons (Fsp3) is 0. The molecular weight excluding hydrogens is 148 g/mol. The number of carbonyl (C=O) groups is 1. The number of nitrogens with zero attached hydrogens (tertiary/aromatic N) is 4. The van der Waals surface area contributed by atoms with Crippen LogP contribution in [-0.4, -0.2) is 30.8 Å². The minimum absolute atomic E-state index is 0.392. The molecule has 1 aromatic rings. The van der Waals surface area contributed by atoms with Gasteiger partial charge in [-0.25, -0.2) is 4.79 Å². The van der Waals surface area contributed by atoms with Crippen molar-refractivity contribution in [2.75, 3.05) is 0 Å². The number of tetrazole rings is 1. The van der Waals surface area contributed by atoms with Crippen molar-refractivity contribution in [3.8, 4) is 0 Å². The van der Waals surface area contributed by atoms with Gasteiger partial charge in [-0.15, -0.1) is 4.20 Å². The molecule has 0 unspecified atom stereocenters. The minimum atomic E-state index is -1.25. The lowest BCUT2D eigenvalue weighted by Crippen LogP contribution is -2.03. The van der Waals surface area contributed by atoms with Gasteiger partial charge in [-0.05, 0) is 10.4 Å². The molecular formula is C2HClN4O2. The van der Waals surface area contributed by atoms with Gasteiger partial charge in [0.1, 0.15) is 0 Å². The van der Waals surface area contributed by atoms with E-state index in [-0.39, 0.29) is 0 Å². The molecule has 0 bridgehead atoms. The molecule has 0 fully saturated rings. The van der Waals surface area contributed by atoms with Gasteiger partial charge in [0.25, 0.3) is 5.82 Å². The lowest BCUT2D eigenvalue weighted by atomic mass is 10.7. The highest BCUT2D eigenvalue weighted by Crippen LogP contribution is 1.91. The van der Waals surface area contributed by atoms with E-state index in [0.717, 1.165) is 0 Å². The summed E-state index contributed by atoms with van der Waals surface area (Å²) in [5.41, 5.74) is 0. The summed E-state index contributed by atoms with van der Waals surface area (Å²) in [7, 11) is 0. The van der Waals surface area contributed by atoms with Crippen molar-refractivity contribution in [3.63, 3.8) is 0 Å². The van der Waals surface area contributed by atoms with E-state index < -0.39 is 11.8 Å². The van der Waals surface area contributed by atoms with Gasteiger partial charge >= 0.3 is 5.97 Å². The molecule has 1 N–H and O–H groups in total. The average molecular weight is 149 g/mol. The third-order valence-corrected chi connectivity index (χ3v) is 0.852. The Balaban J connectivity index is 3.08. The maximum Gasteiger partial charge on any atom is 0.377 e. The van der Waals surface area contributed by atoms with E-state index in [1.165, 1.54) is 0 Å². The largest absolute Gasteiger partial charge is 0.475 e. The molecule has 0 aromatic carbocycles. The number of carboxylic acids is 1. The Labute approximate surface area is 54.2 Å². The highest BCUT2D eigenvalue weighted by molar-refractivity contribution is 6.16. The molecule has 0 aliphatic rings. The lowest BCUT2D eigenvalue weighted by Gasteiger charge is -1.82. The quantitative estimate of drug-likeness (QED) is 0.574. The smallest absolute Gasteiger partial charge is 0.377 e. The third-order valence-electron chi connectivity index (χ3n) is 0.624. The monoisotopic (exact) mass is 148 g/mol. The van der Waals surface area contributed by atoms with E-state index in [2.05, 4.69) is 15.5 Å². The molecule has 0 saturated heterocycles. The van der Waals surface area contributed by atoms with Crippen molar-refractivity contribution >= 4 is 17.7 Å². The van der Waals surface area contributed by atoms with Crippen LogP contribution in [0.3, 0.4) is 0 Å². The molecule has 6 nitrogen and oxygen atoms in total. The van der Waals surface area contributed by atoms with E-state index in [9.17, 15) is 4.79 Å². The van der Waals surface area contributed by atoms with Crippen molar-refractivity contribution in [3.05, 3.63) is 5.82 Å². The molecule has 0 spiro atoms. The van der Waals surface area contributed by atoms with Crippen LogP contribution in [0, 0.1) is 0 Å². The van der Waals surface area contributed by atoms with Gasteiger partial charge in [0.05, 0.1) is 0 Å². The summed E-state index contributed by atoms with van der Waals surface area (Å²) < 4.78 is 0.558. The van der Waals surface area contributed by atoms with E-state index >= 15 is 0 Å². The van der Waals surface area contributed by atoms with Crippen LogP contribution < -0.4 is 0 Å². The van der Waals surface area contributed by atoms with Gasteiger partial charge in [-0.1, -0.05) is 5.10 Å². The van der Waals surface area contributed by atoms with Gasteiger partial charge in [0.2, 0.25) is 0 Å². The predicted octanol–water partition coefficient (Wildman–Crippen LogP) is -0.627. The zero-order valence-electron chi connectivity index (χ0n) is 4.02. The summed E-state index contributed by atoms with van der Waals surface area (Å²) in [6.45, 7) is 0. The van der Waals surface area contributed by atoms with Crippen LogP contribution >= 0.6 is 11.8 Å². The SMILES string of the molecule is O=C(O)c1nnnn1Cl. The van der Waals surface area contributed by atoms with Crippen LogP contribution in [0.15, 0.2) is 0 Å². The van der Waals surface area contributed by atoms with Crippen LogP contribution in [-0.2, 0) is 0 Å². The van der Waals surface area contributed by atoms with Crippen molar-refractivity contribution in [2.24, 2.45) is 0 Å². The Bertz CT molecular complexity index is 232. The highest BCUT2D eigenvalue weighted by Gasteiger charge is 2.10. The second-order valence-corrected chi connectivity index (χ2v) is 1.49. The molecule has 0 atom stereocenters. The van der Waals surface area contributed by atoms with Gasteiger partial charge in [-0.2, -0.15) is 0 Å². The number of hydrogen-bond donors (Lipinski definition) is 1. The summed E-state index contributed by atoms with van der Waals surface area (Å²) in [5.74, 6) is -1.65.